The Labute approximate surface area is 261 Å². The van der Waals surface area contributed by atoms with Gasteiger partial charge in [0.05, 0.1) is 18.0 Å². The summed E-state index contributed by atoms with van der Waals surface area (Å²) in [5.74, 6) is -0.939. The van der Waals surface area contributed by atoms with Crippen LogP contribution in [0.5, 0.6) is 5.75 Å². The number of para-hydroxylation sites is 1. The first-order chi connectivity index (χ1) is 20.8. The number of nitrogens with zero attached hydrogens (tertiary/aromatic N) is 1. The largest absolute Gasteiger partial charge is 0.496 e. The summed E-state index contributed by atoms with van der Waals surface area (Å²) in [5, 5.41) is 4.98. The summed E-state index contributed by atoms with van der Waals surface area (Å²) in [6.07, 6.45) is 1.65. The molecule has 4 aromatic carbocycles. The highest BCUT2D eigenvalue weighted by Gasteiger charge is 2.40. The van der Waals surface area contributed by atoms with E-state index in [2.05, 4.69) is 26.6 Å². The predicted molar refractivity (Wildman–Crippen MR) is 171 cm³/mol. The molecule has 10 heteroatoms. The van der Waals surface area contributed by atoms with Crippen molar-refractivity contribution in [2.45, 2.75) is 16.6 Å². The molecule has 0 bridgehead atoms. The molecule has 4 aromatic rings. The smallest absolute Gasteiger partial charge is 0.272 e. The minimum absolute atomic E-state index is 0.0277. The molecular weight excluding hydrogens is 630 g/mol. The van der Waals surface area contributed by atoms with Crippen LogP contribution in [0.25, 0.3) is 6.08 Å². The summed E-state index contributed by atoms with van der Waals surface area (Å²) in [5.41, 5.74) is 2.07. The Morgan fingerprint density at radius 1 is 0.907 bits per heavy atom. The van der Waals surface area contributed by atoms with Crippen LogP contribution in [-0.2, 0) is 14.4 Å². The van der Waals surface area contributed by atoms with E-state index in [4.69, 9.17) is 4.74 Å². The minimum atomic E-state index is -0.555. The summed E-state index contributed by atoms with van der Waals surface area (Å²) in [4.78, 5) is 54.0. The van der Waals surface area contributed by atoms with Crippen molar-refractivity contribution in [1.82, 2.24) is 5.32 Å². The first kappa shape index (κ1) is 29.8. The number of hydrogen-bond donors (Lipinski definition) is 2. The van der Waals surface area contributed by atoms with Gasteiger partial charge in [0.2, 0.25) is 11.8 Å². The zero-order chi connectivity index (χ0) is 30.3. The Kier molecular flexibility index (Phi) is 9.38. The highest BCUT2D eigenvalue weighted by molar-refractivity contribution is 9.10. The van der Waals surface area contributed by atoms with Gasteiger partial charge in [-0.15, -0.1) is 11.8 Å². The van der Waals surface area contributed by atoms with Crippen LogP contribution in [-0.4, -0.2) is 36.0 Å². The first-order valence-electron chi connectivity index (χ1n) is 13.2. The molecule has 5 rings (SSSR count). The molecule has 216 valence electrons. The lowest BCUT2D eigenvalue weighted by Crippen LogP contribution is -2.31. The van der Waals surface area contributed by atoms with Crippen LogP contribution in [0.15, 0.2) is 118 Å². The Morgan fingerprint density at radius 2 is 1.58 bits per heavy atom. The van der Waals surface area contributed by atoms with Gasteiger partial charge in [-0.1, -0.05) is 52.3 Å². The van der Waals surface area contributed by atoms with Gasteiger partial charge in [-0.25, -0.2) is 4.90 Å². The number of carbonyl (C=O) groups is 4. The molecule has 1 saturated heterocycles. The number of ether oxygens (including phenoxy) is 1. The van der Waals surface area contributed by atoms with Crippen LogP contribution in [0, 0.1) is 0 Å². The molecule has 43 heavy (non-hydrogen) atoms. The average Bonchev–Trinajstić information content (AvgIpc) is 3.30. The zero-order valence-corrected chi connectivity index (χ0v) is 25.4. The summed E-state index contributed by atoms with van der Waals surface area (Å²) < 4.78 is 6.27. The van der Waals surface area contributed by atoms with Gasteiger partial charge in [0.25, 0.3) is 11.8 Å². The quantitative estimate of drug-likeness (QED) is 0.162. The lowest BCUT2D eigenvalue weighted by Gasteiger charge is -2.15. The Hall–Kier alpha value is -4.67. The van der Waals surface area contributed by atoms with E-state index < -0.39 is 17.1 Å². The molecule has 0 spiro atoms. The summed E-state index contributed by atoms with van der Waals surface area (Å²) in [7, 11) is 1.53. The molecule has 1 atom stereocenters. The number of anilines is 2. The van der Waals surface area contributed by atoms with Crippen LogP contribution in [0.2, 0.25) is 0 Å². The van der Waals surface area contributed by atoms with Crippen molar-refractivity contribution in [2.75, 3.05) is 17.3 Å². The van der Waals surface area contributed by atoms with Crippen molar-refractivity contribution in [3.8, 4) is 5.75 Å². The SMILES string of the molecule is COc1ccccc1/C=C(\NC(=O)c1ccccc1)C(=O)Nc1ccc(SC2CC(=O)N(c3ccc(Br)cc3)C2=O)cc1. The highest BCUT2D eigenvalue weighted by Crippen LogP contribution is 2.35. The summed E-state index contributed by atoms with van der Waals surface area (Å²) in [6.45, 7) is 0. The fourth-order valence-electron chi connectivity index (χ4n) is 4.42. The van der Waals surface area contributed by atoms with Gasteiger partial charge in [0.15, 0.2) is 0 Å². The number of benzene rings is 4. The van der Waals surface area contributed by atoms with Gasteiger partial charge < -0.3 is 15.4 Å². The van der Waals surface area contributed by atoms with Crippen LogP contribution in [0.1, 0.15) is 22.3 Å². The molecule has 0 aromatic heterocycles. The number of carbonyl (C=O) groups excluding carboxylic acids is 4. The number of thioether (sulfide) groups is 1. The molecule has 1 fully saturated rings. The zero-order valence-electron chi connectivity index (χ0n) is 23.0. The Balaban J connectivity index is 1.29. The predicted octanol–water partition coefficient (Wildman–Crippen LogP) is 6.29. The van der Waals surface area contributed by atoms with Crippen LogP contribution in [0.3, 0.4) is 0 Å². The third kappa shape index (κ3) is 7.22. The second-order valence-electron chi connectivity index (χ2n) is 9.45. The molecule has 1 aliphatic rings. The molecule has 0 aliphatic carbocycles. The topological polar surface area (TPSA) is 105 Å². The third-order valence-corrected chi connectivity index (χ3v) is 8.27. The molecule has 8 nitrogen and oxygen atoms in total. The lowest BCUT2D eigenvalue weighted by molar-refractivity contribution is -0.121. The second kappa shape index (κ2) is 13.5. The van der Waals surface area contributed by atoms with Crippen molar-refractivity contribution < 1.29 is 23.9 Å². The molecule has 1 unspecified atom stereocenters. The molecule has 2 N–H and O–H groups in total. The fourth-order valence-corrected chi connectivity index (χ4v) is 5.74. The van der Waals surface area contributed by atoms with Gasteiger partial charge in [0, 0.05) is 32.6 Å². The highest BCUT2D eigenvalue weighted by atomic mass is 79.9. The number of hydrogen-bond acceptors (Lipinski definition) is 6. The van der Waals surface area contributed by atoms with Crippen molar-refractivity contribution >= 4 is 68.8 Å². The van der Waals surface area contributed by atoms with Crippen molar-refractivity contribution in [1.29, 1.82) is 0 Å². The maximum Gasteiger partial charge on any atom is 0.272 e. The van der Waals surface area contributed by atoms with E-state index in [0.29, 0.717) is 28.3 Å². The number of amides is 4. The average molecular weight is 657 g/mol. The van der Waals surface area contributed by atoms with Crippen LogP contribution >= 0.6 is 27.7 Å². The van der Waals surface area contributed by atoms with Gasteiger partial charge >= 0.3 is 0 Å². The molecular formula is C33H26BrN3O5S. The van der Waals surface area contributed by atoms with Gasteiger partial charge in [0.1, 0.15) is 11.4 Å². The van der Waals surface area contributed by atoms with E-state index in [0.717, 1.165) is 9.37 Å². The molecule has 1 heterocycles. The third-order valence-electron chi connectivity index (χ3n) is 6.55. The fraction of sp³-hybridized carbons (Fsp3) is 0.0909. The molecule has 0 saturated carbocycles. The van der Waals surface area contributed by atoms with E-state index in [1.807, 2.05) is 6.07 Å². The van der Waals surface area contributed by atoms with Gasteiger partial charge in [-0.05, 0) is 72.8 Å². The number of nitrogens with one attached hydrogen (secondary N) is 2. The normalized spacial score (nSPS) is 14.9. The molecule has 0 radical (unpaired) electrons. The number of methoxy groups -OCH3 is 1. The monoisotopic (exact) mass is 655 g/mol. The van der Waals surface area contributed by atoms with Crippen LogP contribution < -0.4 is 20.3 Å². The number of imide groups is 1. The standard InChI is InChI=1S/C33H26BrN3O5S/c1-42-28-10-6-5-9-22(28)19-27(36-31(39)21-7-3-2-4-8-21)32(40)35-24-13-17-26(18-14-24)43-29-20-30(38)37(33(29)41)25-15-11-23(34)12-16-25/h2-19,29H,20H2,1H3,(H,35,40)(H,36,39)/b27-19-. The van der Waals surface area contributed by atoms with E-state index >= 15 is 0 Å². The first-order valence-corrected chi connectivity index (χ1v) is 14.9. The second-order valence-corrected chi connectivity index (χ2v) is 11.6. The van der Waals surface area contributed by atoms with E-state index in [1.54, 1.807) is 103 Å². The van der Waals surface area contributed by atoms with E-state index in [-0.39, 0.29) is 23.9 Å². The maximum atomic E-state index is 13.4. The van der Waals surface area contributed by atoms with Crippen molar-refractivity contribution in [2.24, 2.45) is 0 Å². The summed E-state index contributed by atoms with van der Waals surface area (Å²) >= 11 is 4.66. The van der Waals surface area contributed by atoms with Crippen molar-refractivity contribution in [3.05, 3.63) is 124 Å². The number of rotatable bonds is 9. The van der Waals surface area contributed by atoms with Crippen molar-refractivity contribution in [3.63, 3.8) is 0 Å². The molecule has 4 amide bonds. The Morgan fingerprint density at radius 3 is 2.28 bits per heavy atom. The van der Waals surface area contributed by atoms with E-state index in [1.165, 1.54) is 23.8 Å². The minimum Gasteiger partial charge on any atom is -0.496 e. The van der Waals surface area contributed by atoms with Crippen LogP contribution in [0.4, 0.5) is 11.4 Å². The van der Waals surface area contributed by atoms with Gasteiger partial charge in [-0.3, -0.25) is 19.2 Å². The number of halogens is 1. The Bertz CT molecular complexity index is 1690. The lowest BCUT2D eigenvalue weighted by atomic mass is 10.1. The molecule has 1 aliphatic heterocycles. The maximum absolute atomic E-state index is 13.4. The van der Waals surface area contributed by atoms with E-state index in [9.17, 15) is 19.2 Å². The van der Waals surface area contributed by atoms with Gasteiger partial charge in [-0.2, -0.15) is 0 Å². The summed E-state index contributed by atoms with van der Waals surface area (Å²) in [6, 6.07) is 29.7.